The smallest absolute Gasteiger partial charge is 0.326 e. The molecule has 0 radical (unpaired) electrons. The Balaban J connectivity index is 1.93. The monoisotopic (exact) mass is 227 g/mol. The van der Waals surface area contributed by atoms with Crippen LogP contribution in [0.4, 0.5) is 5.13 Å². The number of aliphatic carboxylic acids is 1. The number of aromatic nitrogens is 1. The molecule has 1 heterocycles. The third-order valence-corrected chi connectivity index (χ3v) is 3.16. The lowest BCUT2D eigenvalue weighted by molar-refractivity contribution is -0.138. The molecule has 0 bridgehead atoms. The zero-order valence-corrected chi connectivity index (χ0v) is 8.96. The molecule has 0 amide bonds. The van der Waals surface area contributed by atoms with Gasteiger partial charge in [-0.3, -0.25) is 4.79 Å². The highest BCUT2D eigenvalue weighted by Gasteiger charge is 2.22. The Hall–Kier alpha value is -1.14. The lowest BCUT2D eigenvalue weighted by Crippen LogP contribution is -2.20. The molecule has 1 fully saturated rings. The van der Waals surface area contributed by atoms with E-state index in [0.29, 0.717) is 5.69 Å². The number of carboxylic acids is 1. The van der Waals surface area contributed by atoms with Gasteiger partial charge in [0.15, 0.2) is 5.13 Å². The molecule has 5 nitrogen and oxygen atoms in total. The molecule has 4 N–H and O–H groups in total. The average Bonchev–Trinajstić information content (AvgIpc) is 2.92. The third kappa shape index (κ3) is 2.66. The Morgan fingerprint density at radius 1 is 1.80 bits per heavy atom. The Labute approximate surface area is 91.3 Å². The van der Waals surface area contributed by atoms with E-state index in [4.69, 9.17) is 10.8 Å². The Kier molecular flexibility index (Phi) is 2.88. The maximum Gasteiger partial charge on any atom is 0.326 e. The van der Waals surface area contributed by atoms with Gasteiger partial charge in [0, 0.05) is 11.9 Å². The molecule has 0 aromatic carbocycles. The van der Waals surface area contributed by atoms with Crippen LogP contribution in [0.25, 0.3) is 0 Å². The first-order chi connectivity index (χ1) is 7.16. The van der Waals surface area contributed by atoms with Gasteiger partial charge in [0.1, 0.15) is 6.04 Å². The number of nitrogens with zero attached hydrogens (tertiary/aromatic N) is 1. The van der Waals surface area contributed by atoms with Gasteiger partial charge in [-0.15, -0.1) is 11.3 Å². The van der Waals surface area contributed by atoms with Crippen molar-refractivity contribution in [1.29, 1.82) is 0 Å². The molecule has 1 saturated carbocycles. The van der Waals surface area contributed by atoms with E-state index in [2.05, 4.69) is 10.3 Å². The van der Waals surface area contributed by atoms with Crippen LogP contribution in [-0.4, -0.2) is 22.6 Å². The van der Waals surface area contributed by atoms with Crippen molar-refractivity contribution in [3.63, 3.8) is 0 Å². The van der Waals surface area contributed by atoms with Crippen molar-refractivity contribution in [3.8, 4) is 0 Å². The standard InChI is InChI=1S/C9H13N3O2S/c10-7(8(13)14)6-4-15-9(12-6)11-3-5-1-2-5/h4-5,7H,1-3,10H2,(H,11,12)(H,13,14). The molecule has 15 heavy (non-hydrogen) atoms. The van der Waals surface area contributed by atoms with Crippen molar-refractivity contribution < 1.29 is 9.90 Å². The number of carbonyl (C=O) groups is 1. The maximum absolute atomic E-state index is 10.6. The van der Waals surface area contributed by atoms with E-state index in [9.17, 15) is 4.79 Å². The van der Waals surface area contributed by atoms with Crippen LogP contribution in [0.15, 0.2) is 5.38 Å². The van der Waals surface area contributed by atoms with Gasteiger partial charge in [0.25, 0.3) is 0 Å². The number of carboxylic acid groups (broad SMARTS) is 1. The molecule has 1 aromatic heterocycles. The number of thiazole rings is 1. The topological polar surface area (TPSA) is 88.2 Å². The van der Waals surface area contributed by atoms with Crippen molar-refractivity contribution in [1.82, 2.24) is 4.98 Å². The van der Waals surface area contributed by atoms with E-state index in [-0.39, 0.29) is 0 Å². The fourth-order valence-corrected chi connectivity index (χ4v) is 1.95. The molecule has 1 aliphatic rings. The zero-order valence-electron chi connectivity index (χ0n) is 8.14. The van der Waals surface area contributed by atoms with Gasteiger partial charge in [-0.1, -0.05) is 0 Å². The first-order valence-electron chi connectivity index (χ1n) is 4.84. The predicted molar refractivity (Wildman–Crippen MR) is 57.9 cm³/mol. The van der Waals surface area contributed by atoms with Gasteiger partial charge in [0.05, 0.1) is 5.69 Å². The highest BCUT2D eigenvalue weighted by molar-refractivity contribution is 7.13. The predicted octanol–water partition coefficient (Wildman–Crippen LogP) is 1.05. The van der Waals surface area contributed by atoms with Crippen LogP contribution in [0.2, 0.25) is 0 Å². The number of rotatable bonds is 5. The highest BCUT2D eigenvalue weighted by Crippen LogP contribution is 2.29. The highest BCUT2D eigenvalue weighted by atomic mass is 32.1. The molecule has 1 aromatic rings. The zero-order chi connectivity index (χ0) is 10.8. The Bertz CT molecular complexity index is 362. The van der Waals surface area contributed by atoms with Gasteiger partial charge in [0.2, 0.25) is 0 Å². The minimum atomic E-state index is -1.05. The molecule has 1 atom stereocenters. The minimum absolute atomic E-state index is 0.422. The number of nitrogens with one attached hydrogen (secondary N) is 1. The molecule has 2 rings (SSSR count). The third-order valence-electron chi connectivity index (χ3n) is 2.35. The normalized spacial score (nSPS) is 17.4. The summed E-state index contributed by atoms with van der Waals surface area (Å²) in [6.45, 7) is 0.926. The second-order valence-corrected chi connectivity index (χ2v) is 4.58. The summed E-state index contributed by atoms with van der Waals surface area (Å²) in [7, 11) is 0. The largest absolute Gasteiger partial charge is 0.480 e. The Morgan fingerprint density at radius 2 is 2.53 bits per heavy atom. The van der Waals surface area contributed by atoms with Crippen LogP contribution < -0.4 is 11.1 Å². The fraction of sp³-hybridized carbons (Fsp3) is 0.556. The van der Waals surface area contributed by atoms with Crippen molar-refractivity contribution in [2.45, 2.75) is 18.9 Å². The fourth-order valence-electron chi connectivity index (χ4n) is 1.19. The molecule has 6 heteroatoms. The lowest BCUT2D eigenvalue weighted by Gasteiger charge is -2.01. The summed E-state index contributed by atoms with van der Waals surface area (Å²) in [4.78, 5) is 14.7. The number of hydrogen-bond acceptors (Lipinski definition) is 5. The molecule has 0 spiro atoms. The van der Waals surface area contributed by atoms with Crippen molar-refractivity contribution >= 4 is 22.4 Å². The van der Waals surface area contributed by atoms with E-state index in [1.165, 1.54) is 24.2 Å². The van der Waals surface area contributed by atoms with E-state index in [0.717, 1.165) is 17.6 Å². The second-order valence-electron chi connectivity index (χ2n) is 3.72. The summed E-state index contributed by atoms with van der Waals surface area (Å²) in [6.07, 6.45) is 2.56. The second kappa shape index (κ2) is 4.16. The SMILES string of the molecule is NC(C(=O)O)c1csc(NCC2CC2)n1. The number of hydrogen-bond donors (Lipinski definition) is 3. The number of nitrogens with two attached hydrogens (primary N) is 1. The van der Waals surface area contributed by atoms with E-state index < -0.39 is 12.0 Å². The summed E-state index contributed by atoms with van der Waals surface area (Å²) >= 11 is 1.40. The average molecular weight is 227 g/mol. The summed E-state index contributed by atoms with van der Waals surface area (Å²) in [5.74, 6) is -0.278. The lowest BCUT2D eigenvalue weighted by atomic mass is 10.2. The van der Waals surface area contributed by atoms with Crippen molar-refractivity contribution in [3.05, 3.63) is 11.1 Å². The molecule has 1 aliphatic carbocycles. The van der Waals surface area contributed by atoms with Crippen molar-refractivity contribution in [2.75, 3.05) is 11.9 Å². The summed E-state index contributed by atoms with van der Waals surface area (Å²) < 4.78 is 0. The maximum atomic E-state index is 10.6. The summed E-state index contributed by atoms with van der Waals surface area (Å²) in [5.41, 5.74) is 5.86. The van der Waals surface area contributed by atoms with Crippen LogP contribution in [-0.2, 0) is 4.79 Å². The molecule has 1 unspecified atom stereocenters. The summed E-state index contributed by atoms with van der Waals surface area (Å²) in [5, 5.41) is 14.3. The molecule has 0 aliphatic heterocycles. The van der Waals surface area contributed by atoms with E-state index in [1.54, 1.807) is 5.38 Å². The van der Waals surface area contributed by atoms with Crippen LogP contribution in [0.3, 0.4) is 0 Å². The minimum Gasteiger partial charge on any atom is -0.480 e. The van der Waals surface area contributed by atoms with Crippen LogP contribution in [0.5, 0.6) is 0 Å². The van der Waals surface area contributed by atoms with Crippen LogP contribution >= 0.6 is 11.3 Å². The van der Waals surface area contributed by atoms with Crippen molar-refractivity contribution in [2.24, 2.45) is 11.7 Å². The van der Waals surface area contributed by atoms with Gasteiger partial charge in [-0.05, 0) is 18.8 Å². The molecular weight excluding hydrogens is 214 g/mol. The van der Waals surface area contributed by atoms with Gasteiger partial charge >= 0.3 is 5.97 Å². The van der Waals surface area contributed by atoms with Gasteiger partial charge < -0.3 is 16.2 Å². The first kappa shape index (κ1) is 10.4. The number of anilines is 1. The van der Waals surface area contributed by atoms with E-state index in [1.807, 2.05) is 0 Å². The summed E-state index contributed by atoms with van der Waals surface area (Å²) in [6, 6.07) is -1.02. The van der Waals surface area contributed by atoms with E-state index >= 15 is 0 Å². The van der Waals surface area contributed by atoms with Crippen LogP contribution in [0.1, 0.15) is 24.6 Å². The van der Waals surface area contributed by atoms with Gasteiger partial charge in [-0.25, -0.2) is 4.98 Å². The molecular formula is C9H13N3O2S. The Morgan fingerprint density at radius 3 is 3.13 bits per heavy atom. The first-order valence-corrected chi connectivity index (χ1v) is 5.72. The van der Waals surface area contributed by atoms with Gasteiger partial charge in [-0.2, -0.15) is 0 Å². The van der Waals surface area contributed by atoms with Crippen LogP contribution in [0, 0.1) is 5.92 Å². The molecule has 0 saturated heterocycles. The quantitative estimate of drug-likeness (QED) is 0.699. The molecule has 82 valence electrons.